The van der Waals surface area contributed by atoms with Crippen LogP contribution < -0.4 is 10.1 Å². The van der Waals surface area contributed by atoms with E-state index in [0.29, 0.717) is 11.3 Å². The highest BCUT2D eigenvalue weighted by Gasteiger charge is 2.07. The molecule has 0 aromatic heterocycles. The number of methoxy groups -OCH3 is 1. The average Bonchev–Trinajstić information content (AvgIpc) is 2.48. The van der Waals surface area contributed by atoms with Gasteiger partial charge in [-0.25, -0.2) is 0 Å². The van der Waals surface area contributed by atoms with Crippen molar-refractivity contribution >= 4 is 11.5 Å². The maximum Gasteiger partial charge on any atom is 0.181 e. The summed E-state index contributed by atoms with van der Waals surface area (Å²) in [6, 6.07) is 13.3. The van der Waals surface area contributed by atoms with E-state index in [1.54, 1.807) is 19.2 Å². The van der Waals surface area contributed by atoms with E-state index in [9.17, 15) is 4.79 Å². The summed E-state index contributed by atoms with van der Waals surface area (Å²) in [6.07, 6.45) is 0. The Kier molecular flexibility index (Phi) is 4.41. The van der Waals surface area contributed by atoms with Crippen LogP contribution in [-0.4, -0.2) is 19.4 Å². The van der Waals surface area contributed by atoms with Crippen molar-refractivity contribution in [1.29, 1.82) is 0 Å². The van der Waals surface area contributed by atoms with Gasteiger partial charge >= 0.3 is 0 Å². The number of carbonyl (C=O) groups excluding carboxylic acids is 1. The summed E-state index contributed by atoms with van der Waals surface area (Å²) in [6.45, 7) is 4.40. The van der Waals surface area contributed by atoms with Gasteiger partial charge in [-0.2, -0.15) is 0 Å². The molecule has 1 N–H and O–H groups in total. The van der Waals surface area contributed by atoms with E-state index < -0.39 is 0 Å². The van der Waals surface area contributed by atoms with Crippen LogP contribution in [0, 0.1) is 13.8 Å². The second kappa shape index (κ2) is 6.24. The highest BCUT2D eigenvalue weighted by molar-refractivity contribution is 5.99. The van der Waals surface area contributed by atoms with Gasteiger partial charge in [0.2, 0.25) is 0 Å². The zero-order chi connectivity index (χ0) is 14.5. The molecule has 0 spiro atoms. The van der Waals surface area contributed by atoms with E-state index >= 15 is 0 Å². The minimum absolute atomic E-state index is 0.0436. The maximum absolute atomic E-state index is 12.1. The lowest BCUT2D eigenvalue weighted by Crippen LogP contribution is -2.14. The lowest BCUT2D eigenvalue weighted by atomic mass is 10.1. The van der Waals surface area contributed by atoms with Gasteiger partial charge in [0.1, 0.15) is 5.75 Å². The normalized spacial score (nSPS) is 10.2. The van der Waals surface area contributed by atoms with Crippen LogP contribution in [0.3, 0.4) is 0 Å². The van der Waals surface area contributed by atoms with Crippen LogP contribution in [0.1, 0.15) is 21.5 Å². The van der Waals surface area contributed by atoms with Crippen molar-refractivity contribution in [3.05, 3.63) is 59.2 Å². The Morgan fingerprint density at radius 2 is 1.90 bits per heavy atom. The quantitative estimate of drug-likeness (QED) is 0.843. The van der Waals surface area contributed by atoms with E-state index in [0.717, 1.165) is 5.69 Å². The molecule has 0 amide bonds. The van der Waals surface area contributed by atoms with Crippen molar-refractivity contribution in [3.8, 4) is 5.75 Å². The van der Waals surface area contributed by atoms with Gasteiger partial charge in [-0.05, 0) is 49.2 Å². The number of ketones is 1. The van der Waals surface area contributed by atoms with Gasteiger partial charge in [-0.3, -0.25) is 4.79 Å². The first-order chi connectivity index (χ1) is 9.60. The summed E-state index contributed by atoms with van der Waals surface area (Å²) in [4.78, 5) is 12.1. The van der Waals surface area contributed by atoms with Crippen LogP contribution in [0.15, 0.2) is 42.5 Å². The largest absolute Gasteiger partial charge is 0.497 e. The fourth-order valence-corrected chi connectivity index (χ4v) is 1.93. The molecular formula is C17H19NO2. The number of aryl methyl sites for hydroxylation is 2. The van der Waals surface area contributed by atoms with Gasteiger partial charge < -0.3 is 10.1 Å². The molecule has 0 saturated heterocycles. The van der Waals surface area contributed by atoms with Crippen molar-refractivity contribution in [2.45, 2.75) is 13.8 Å². The molecular weight excluding hydrogens is 250 g/mol. The predicted octanol–water partition coefficient (Wildman–Crippen LogP) is 3.61. The lowest BCUT2D eigenvalue weighted by molar-refractivity contribution is 0.101. The van der Waals surface area contributed by atoms with Crippen LogP contribution in [-0.2, 0) is 0 Å². The first-order valence-corrected chi connectivity index (χ1v) is 6.58. The fourth-order valence-electron chi connectivity index (χ4n) is 1.93. The third-order valence-corrected chi connectivity index (χ3v) is 3.35. The number of hydrogen-bond donors (Lipinski definition) is 1. The molecule has 0 aliphatic heterocycles. The Bertz CT molecular complexity index is 620. The molecule has 0 bridgehead atoms. The number of Topliss-reactive ketones (excluding diaryl/α,β-unsaturated/α-hetero) is 1. The highest BCUT2D eigenvalue weighted by atomic mass is 16.5. The molecule has 20 heavy (non-hydrogen) atoms. The SMILES string of the molecule is COc1cccc(C(=O)CNc2ccc(C)c(C)c2)c1. The van der Waals surface area contributed by atoms with Crippen molar-refractivity contribution < 1.29 is 9.53 Å². The second-order valence-corrected chi connectivity index (χ2v) is 4.81. The van der Waals surface area contributed by atoms with Gasteiger partial charge in [0.15, 0.2) is 5.78 Å². The summed E-state index contributed by atoms with van der Waals surface area (Å²) >= 11 is 0. The molecule has 0 aliphatic rings. The molecule has 2 rings (SSSR count). The Balaban J connectivity index is 2.02. The first-order valence-electron chi connectivity index (χ1n) is 6.58. The van der Waals surface area contributed by atoms with Crippen molar-refractivity contribution in [2.75, 3.05) is 19.0 Å². The molecule has 0 saturated carbocycles. The predicted molar refractivity (Wildman–Crippen MR) is 81.7 cm³/mol. The standard InChI is InChI=1S/C17H19NO2/c1-12-7-8-15(9-13(12)2)18-11-17(19)14-5-4-6-16(10-14)20-3/h4-10,18H,11H2,1-3H3. The Hall–Kier alpha value is -2.29. The van der Waals surface area contributed by atoms with Gasteiger partial charge in [-0.15, -0.1) is 0 Å². The van der Waals surface area contributed by atoms with Gasteiger partial charge in [0.25, 0.3) is 0 Å². The molecule has 0 heterocycles. The third-order valence-electron chi connectivity index (χ3n) is 3.35. The van der Waals surface area contributed by atoms with Gasteiger partial charge in [0.05, 0.1) is 13.7 Å². The molecule has 2 aromatic carbocycles. The Morgan fingerprint density at radius 1 is 1.10 bits per heavy atom. The van der Waals surface area contributed by atoms with Crippen molar-refractivity contribution in [1.82, 2.24) is 0 Å². The number of anilines is 1. The molecule has 0 atom stereocenters. The maximum atomic E-state index is 12.1. The monoisotopic (exact) mass is 269 g/mol. The third kappa shape index (κ3) is 3.38. The summed E-state index contributed by atoms with van der Waals surface area (Å²) < 4.78 is 5.12. The molecule has 2 aromatic rings. The van der Waals surface area contributed by atoms with Gasteiger partial charge in [0, 0.05) is 11.3 Å². The van der Waals surface area contributed by atoms with Crippen LogP contribution in [0.25, 0.3) is 0 Å². The number of carbonyl (C=O) groups is 1. The van der Waals surface area contributed by atoms with Crippen LogP contribution >= 0.6 is 0 Å². The summed E-state index contributed by atoms with van der Waals surface area (Å²) in [5, 5.41) is 3.16. The zero-order valence-corrected chi connectivity index (χ0v) is 12.1. The van der Waals surface area contributed by atoms with E-state index in [4.69, 9.17) is 4.74 Å². The second-order valence-electron chi connectivity index (χ2n) is 4.81. The lowest BCUT2D eigenvalue weighted by Gasteiger charge is -2.09. The van der Waals surface area contributed by atoms with E-state index in [1.807, 2.05) is 30.3 Å². The molecule has 3 heteroatoms. The van der Waals surface area contributed by atoms with Crippen LogP contribution in [0.4, 0.5) is 5.69 Å². The van der Waals surface area contributed by atoms with Crippen molar-refractivity contribution in [2.24, 2.45) is 0 Å². The van der Waals surface area contributed by atoms with E-state index in [-0.39, 0.29) is 12.3 Å². The Morgan fingerprint density at radius 3 is 2.60 bits per heavy atom. The number of benzene rings is 2. The van der Waals surface area contributed by atoms with Crippen LogP contribution in [0.5, 0.6) is 5.75 Å². The summed E-state index contributed by atoms with van der Waals surface area (Å²) in [5.41, 5.74) is 4.07. The number of ether oxygens (including phenoxy) is 1. The molecule has 0 radical (unpaired) electrons. The summed E-state index contributed by atoms with van der Waals surface area (Å²) in [7, 11) is 1.59. The summed E-state index contributed by atoms with van der Waals surface area (Å²) in [5.74, 6) is 0.740. The minimum atomic E-state index is 0.0436. The average molecular weight is 269 g/mol. The molecule has 0 fully saturated rings. The smallest absolute Gasteiger partial charge is 0.181 e. The molecule has 0 unspecified atom stereocenters. The van der Waals surface area contributed by atoms with Gasteiger partial charge in [-0.1, -0.05) is 18.2 Å². The topological polar surface area (TPSA) is 38.3 Å². The first kappa shape index (κ1) is 14.1. The zero-order valence-electron chi connectivity index (χ0n) is 12.1. The highest BCUT2D eigenvalue weighted by Crippen LogP contribution is 2.15. The molecule has 3 nitrogen and oxygen atoms in total. The van der Waals surface area contributed by atoms with Crippen LogP contribution in [0.2, 0.25) is 0 Å². The van der Waals surface area contributed by atoms with E-state index in [2.05, 4.69) is 19.2 Å². The van der Waals surface area contributed by atoms with E-state index in [1.165, 1.54) is 11.1 Å². The number of nitrogens with one attached hydrogen (secondary N) is 1. The Labute approximate surface area is 119 Å². The fraction of sp³-hybridized carbons (Fsp3) is 0.235. The molecule has 104 valence electrons. The number of hydrogen-bond acceptors (Lipinski definition) is 3. The minimum Gasteiger partial charge on any atom is -0.497 e. The number of rotatable bonds is 5. The molecule has 0 aliphatic carbocycles. The van der Waals surface area contributed by atoms with Crippen molar-refractivity contribution in [3.63, 3.8) is 0 Å².